The molecule has 12 heteroatoms. The van der Waals surface area contributed by atoms with Gasteiger partial charge < -0.3 is 9.47 Å². The Kier molecular flexibility index (Phi) is 9.82. The zero-order valence-corrected chi connectivity index (χ0v) is 19.5. The fourth-order valence-electron chi connectivity index (χ4n) is 2.27. The van der Waals surface area contributed by atoms with Gasteiger partial charge in [-0.15, -0.1) is 0 Å². The van der Waals surface area contributed by atoms with Crippen LogP contribution in [0.4, 0.5) is 5.69 Å². The Morgan fingerprint density at radius 3 is 2.47 bits per heavy atom. The number of nitrogens with zero attached hydrogens (tertiary/aromatic N) is 1. The van der Waals surface area contributed by atoms with Crippen molar-refractivity contribution in [1.29, 1.82) is 0 Å². The van der Waals surface area contributed by atoms with E-state index in [4.69, 9.17) is 21.7 Å². The number of non-ortho nitro benzene ring substituents is 1. The number of hydrogen-bond donors (Lipinski definition) is 3. The lowest BCUT2D eigenvalue weighted by Crippen LogP contribution is -2.49. The minimum Gasteiger partial charge on any atom is -0.492 e. The number of carbonyl (C=O) groups is 2. The van der Waals surface area contributed by atoms with Crippen LogP contribution in [0.3, 0.4) is 0 Å². The molecule has 10 nitrogen and oxygen atoms in total. The molecule has 0 atom stereocenters. The quantitative estimate of drug-likeness (QED) is 0.197. The molecule has 3 N–H and O–H groups in total. The molecular formula is C20H21BrN4O6S. The van der Waals surface area contributed by atoms with Crippen LogP contribution >= 0.6 is 28.1 Å². The van der Waals surface area contributed by atoms with Crippen LogP contribution in [-0.2, 0) is 4.79 Å². The smallest absolute Gasteiger partial charge is 0.276 e. The highest BCUT2D eigenvalue weighted by Gasteiger charge is 2.12. The highest BCUT2D eigenvalue weighted by molar-refractivity contribution is 9.10. The van der Waals surface area contributed by atoms with Crippen molar-refractivity contribution in [2.45, 2.75) is 19.8 Å². The van der Waals surface area contributed by atoms with E-state index in [0.29, 0.717) is 22.4 Å². The number of nitro benzene ring substituents is 1. The van der Waals surface area contributed by atoms with Gasteiger partial charge in [-0.2, -0.15) is 0 Å². The molecule has 0 aliphatic carbocycles. The van der Waals surface area contributed by atoms with Crippen molar-refractivity contribution in [2.24, 2.45) is 0 Å². The first-order chi connectivity index (χ1) is 15.3. The van der Waals surface area contributed by atoms with E-state index in [1.807, 2.05) is 0 Å². The Hall–Kier alpha value is -3.25. The number of amides is 2. The molecular weight excluding hydrogens is 504 g/mol. The molecule has 0 aliphatic heterocycles. The van der Waals surface area contributed by atoms with Crippen molar-refractivity contribution in [3.05, 3.63) is 62.6 Å². The average molecular weight is 525 g/mol. The van der Waals surface area contributed by atoms with Crippen LogP contribution < -0.4 is 25.6 Å². The molecule has 0 spiro atoms. The molecule has 0 saturated carbocycles. The van der Waals surface area contributed by atoms with Gasteiger partial charge in [-0.05, 0) is 64.9 Å². The Labute approximate surface area is 197 Å². The average Bonchev–Trinajstić information content (AvgIpc) is 2.77. The number of halogens is 1. The maximum absolute atomic E-state index is 12.3. The fourth-order valence-corrected chi connectivity index (χ4v) is 2.90. The Morgan fingerprint density at radius 2 is 1.84 bits per heavy atom. The molecule has 0 saturated heterocycles. The summed E-state index contributed by atoms with van der Waals surface area (Å²) in [4.78, 5) is 34.2. The van der Waals surface area contributed by atoms with Gasteiger partial charge in [-0.3, -0.25) is 35.9 Å². The number of unbranched alkanes of at least 4 members (excludes halogenated alkanes) is 1. The summed E-state index contributed by atoms with van der Waals surface area (Å²) in [6.45, 7) is 2.28. The van der Waals surface area contributed by atoms with Gasteiger partial charge >= 0.3 is 0 Å². The Balaban J connectivity index is 1.75. The molecule has 0 heterocycles. The van der Waals surface area contributed by atoms with E-state index < -0.39 is 16.7 Å². The minimum atomic E-state index is -0.573. The predicted molar refractivity (Wildman–Crippen MR) is 124 cm³/mol. The molecule has 2 aromatic carbocycles. The number of benzene rings is 2. The van der Waals surface area contributed by atoms with E-state index in [-0.39, 0.29) is 23.2 Å². The van der Waals surface area contributed by atoms with Gasteiger partial charge in [0.25, 0.3) is 17.5 Å². The van der Waals surface area contributed by atoms with Gasteiger partial charge in [0.15, 0.2) is 11.7 Å². The lowest BCUT2D eigenvalue weighted by molar-refractivity contribution is -0.384. The van der Waals surface area contributed by atoms with E-state index in [1.165, 1.54) is 24.3 Å². The van der Waals surface area contributed by atoms with Gasteiger partial charge in [0.1, 0.15) is 11.5 Å². The van der Waals surface area contributed by atoms with Gasteiger partial charge in [0, 0.05) is 17.7 Å². The largest absolute Gasteiger partial charge is 0.492 e. The molecule has 32 heavy (non-hydrogen) atoms. The van der Waals surface area contributed by atoms with Crippen molar-refractivity contribution in [1.82, 2.24) is 16.2 Å². The maximum atomic E-state index is 12.3. The van der Waals surface area contributed by atoms with E-state index in [9.17, 15) is 19.7 Å². The zero-order chi connectivity index (χ0) is 23.5. The molecule has 2 aromatic rings. The molecule has 0 fully saturated rings. The lowest BCUT2D eigenvalue weighted by Gasteiger charge is -2.12. The van der Waals surface area contributed by atoms with Gasteiger partial charge in [-0.1, -0.05) is 13.3 Å². The molecule has 0 radical (unpaired) electrons. The number of hydrogen-bond acceptors (Lipinski definition) is 7. The molecule has 0 aliphatic rings. The van der Waals surface area contributed by atoms with Crippen LogP contribution in [0.2, 0.25) is 0 Å². The van der Waals surface area contributed by atoms with Crippen molar-refractivity contribution in [2.75, 3.05) is 13.2 Å². The summed E-state index contributed by atoms with van der Waals surface area (Å²) in [5.74, 6) is -0.124. The zero-order valence-electron chi connectivity index (χ0n) is 17.1. The third-order valence-electron chi connectivity index (χ3n) is 3.91. The number of thiocarbonyl (C=S) groups is 1. The molecule has 2 rings (SSSR count). The van der Waals surface area contributed by atoms with Crippen LogP contribution in [0.1, 0.15) is 30.1 Å². The van der Waals surface area contributed by atoms with Crippen molar-refractivity contribution < 1.29 is 24.0 Å². The normalized spacial score (nSPS) is 10.1. The van der Waals surface area contributed by atoms with Crippen molar-refractivity contribution in [3.63, 3.8) is 0 Å². The summed E-state index contributed by atoms with van der Waals surface area (Å²) in [6.07, 6.45) is 1.95. The lowest BCUT2D eigenvalue weighted by atomic mass is 10.2. The molecule has 0 aromatic heterocycles. The highest BCUT2D eigenvalue weighted by atomic mass is 79.9. The second-order valence-corrected chi connectivity index (χ2v) is 7.61. The van der Waals surface area contributed by atoms with Crippen LogP contribution in [0, 0.1) is 10.1 Å². The third-order valence-corrected chi connectivity index (χ3v) is 4.73. The van der Waals surface area contributed by atoms with Crippen LogP contribution in [0.25, 0.3) is 0 Å². The van der Waals surface area contributed by atoms with Crippen LogP contribution in [0.5, 0.6) is 11.5 Å². The first-order valence-electron chi connectivity index (χ1n) is 9.50. The number of carbonyl (C=O) groups excluding carboxylic acids is 2. The van der Waals surface area contributed by atoms with E-state index in [1.54, 1.807) is 18.2 Å². The number of rotatable bonds is 9. The second-order valence-electron chi connectivity index (χ2n) is 6.34. The molecule has 2 amide bonds. The number of ether oxygens (including phenoxy) is 2. The van der Waals surface area contributed by atoms with E-state index in [0.717, 1.165) is 12.8 Å². The first-order valence-corrected chi connectivity index (χ1v) is 10.7. The van der Waals surface area contributed by atoms with E-state index >= 15 is 0 Å². The van der Waals surface area contributed by atoms with Crippen molar-refractivity contribution >= 4 is 50.8 Å². The predicted octanol–water partition coefficient (Wildman–Crippen LogP) is 3.25. The standard InChI is InChI=1S/C20H21BrN4O6S/c1-2-3-10-30-17-9-4-13(11-16(17)21)19(27)22-20(32)24-23-18(26)12-31-15-7-5-14(6-8-15)25(28)29/h4-9,11H,2-3,10,12H2,1H3,(H,23,26)(H2,22,24,27,32). The SMILES string of the molecule is CCCCOc1ccc(C(=O)NC(=S)NNC(=O)COc2ccc([N+](=O)[O-])cc2)cc1Br. The summed E-state index contributed by atoms with van der Waals surface area (Å²) in [5, 5.41) is 12.9. The van der Waals surface area contributed by atoms with Crippen LogP contribution in [0.15, 0.2) is 46.9 Å². The summed E-state index contributed by atoms with van der Waals surface area (Å²) < 4.78 is 11.5. The summed E-state index contributed by atoms with van der Waals surface area (Å²) in [6, 6.07) is 10.2. The van der Waals surface area contributed by atoms with Gasteiger partial charge in [-0.25, -0.2) is 0 Å². The molecule has 0 unspecified atom stereocenters. The Bertz CT molecular complexity index is 987. The Morgan fingerprint density at radius 1 is 1.12 bits per heavy atom. The summed E-state index contributed by atoms with van der Waals surface area (Å²) in [7, 11) is 0. The minimum absolute atomic E-state index is 0.0877. The number of nitrogens with one attached hydrogen (secondary N) is 3. The van der Waals surface area contributed by atoms with Gasteiger partial charge in [0.2, 0.25) is 0 Å². The monoisotopic (exact) mass is 524 g/mol. The second kappa shape index (κ2) is 12.6. The number of hydrazine groups is 1. The topological polar surface area (TPSA) is 132 Å². The van der Waals surface area contributed by atoms with Gasteiger partial charge in [0.05, 0.1) is 16.0 Å². The fraction of sp³-hybridized carbons (Fsp3) is 0.250. The third kappa shape index (κ3) is 8.12. The highest BCUT2D eigenvalue weighted by Crippen LogP contribution is 2.26. The first kappa shape index (κ1) is 25.0. The summed E-state index contributed by atoms with van der Waals surface area (Å²) >= 11 is 8.37. The van der Waals surface area contributed by atoms with Crippen molar-refractivity contribution in [3.8, 4) is 11.5 Å². The summed E-state index contributed by atoms with van der Waals surface area (Å²) in [5.41, 5.74) is 4.94. The molecule has 0 bridgehead atoms. The van der Waals surface area contributed by atoms with Crippen LogP contribution in [-0.4, -0.2) is 35.1 Å². The van der Waals surface area contributed by atoms with E-state index in [2.05, 4.69) is 39.0 Å². The molecule has 170 valence electrons. The maximum Gasteiger partial charge on any atom is 0.276 e. The number of nitro groups is 1.